The second-order valence-electron chi connectivity index (χ2n) is 4.22. The summed E-state index contributed by atoms with van der Waals surface area (Å²) in [5.41, 5.74) is 0.541. The number of unbranched alkanes of at least 4 members (excludes halogenated alkanes) is 1. The predicted octanol–water partition coefficient (Wildman–Crippen LogP) is 1.67. The molecule has 7 heteroatoms. The van der Waals surface area contributed by atoms with E-state index in [2.05, 4.69) is 15.7 Å². The Hall–Kier alpha value is -2.05. The largest absolute Gasteiger partial charge is 0.480 e. The van der Waals surface area contributed by atoms with Gasteiger partial charge in [0.25, 0.3) is 0 Å². The molecule has 0 aliphatic heterocycles. The molecule has 19 heavy (non-hydrogen) atoms. The SMILES string of the molecule is CCCC[C@H](NC(=O)Nc1cnn(CC)c1)C(=O)O. The van der Waals surface area contributed by atoms with Crippen molar-refractivity contribution in [3.63, 3.8) is 0 Å². The summed E-state index contributed by atoms with van der Waals surface area (Å²) >= 11 is 0. The van der Waals surface area contributed by atoms with Crippen LogP contribution in [0.1, 0.15) is 33.1 Å². The molecule has 0 radical (unpaired) electrons. The number of urea groups is 1. The van der Waals surface area contributed by atoms with Gasteiger partial charge in [-0.1, -0.05) is 19.8 Å². The van der Waals surface area contributed by atoms with Gasteiger partial charge in [0.15, 0.2) is 0 Å². The molecule has 0 aliphatic rings. The minimum Gasteiger partial charge on any atom is -0.480 e. The minimum atomic E-state index is -1.02. The molecule has 0 spiro atoms. The van der Waals surface area contributed by atoms with Gasteiger partial charge in [0, 0.05) is 12.7 Å². The van der Waals surface area contributed by atoms with Gasteiger partial charge in [-0.15, -0.1) is 0 Å². The van der Waals surface area contributed by atoms with Gasteiger partial charge in [0.1, 0.15) is 6.04 Å². The molecule has 106 valence electrons. The van der Waals surface area contributed by atoms with Crippen molar-refractivity contribution in [1.29, 1.82) is 0 Å². The summed E-state index contributed by atoms with van der Waals surface area (Å²) in [5, 5.41) is 18.0. The van der Waals surface area contributed by atoms with Gasteiger partial charge in [-0.2, -0.15) is 5.10 Å². The Morgan fingerprint density at radius 3 is 2.74 bits per heavy atom. The Labute approximate surface area is 112 Å². The third kappa shape index (κ3) is 4.99. The fourth-order valence-electron chi connectivity index (χ4n) is 1.59. The number of hydrogen-bond acceptors (Lipinski definition) is 3. The number of aromatic nitrogens is 2. The van der Waals surface area contributed by atoms with Crippen molar-refractivity contribution in [2.45, 2.75) is 45.7 Å². The van der Waals surface area contributed by atoms with Gasteiger partial charge in [-0.25, -0.2) is 9.59 Å². The molecular weight excluding hydrogens is 248 g/mol. The van der Waals surface area contributed by atoms with Crippen LogP contribution in [-0.2, 0) is 11.3 Å². The maximum absolute atomic E-state index is 11.7. The van der Waals surface area contributed by atoms with E-state index in [9.17, 15) is 9.59 Å². The van der Waals surface area contributed by atoms with Crippen molar-refractivity contribution in [3.05, 3.63) is 12.4 Å². The zero-order chi connectivity index (χ0) is 14.3. The monoisotopic (exact) mass is 268 g/mol. The number of carboxylic acid groups (broad SMARTS) is 1. The summed E-state index contributed by atoms with van der Waals surface area (Å²) < 4.78 is 1.67. The van der Waals surface area contributed by atoms with Crippen molar-refractivity contribution < 1.29 is 14.7 Å². The van der Waals surface area contributed by atoms with Crippen LogP contribution in [0.2, 0.25) is 0 Å². The smallest absolute Gasteiger partial charge is 0.326 e. The molecule has 0 aliphatic carbocycles. The topological polar surface area (TPSA) is 96.3 Å². The van der Waals surface area contributed by atoms with Crippen LogP contribution in [0.25, 0.3) is 0 Å². The average Bonchev–Trinajstić information content (AvgIpc) is 2.81. The van der Waals surface area contributed by atoms with E-state index in [4.69, 9.17) is 5.11 Å². The van der Waals surface area contributed by atoms with E-state index in [1.807, 2.05) is 13.8 Å². The number of carbonyl (C=O) groups excluding carboxylic acids is 1. The quantitative estimate of drug-likeness (QED) is 0.700. The van der Waals surface area contributed by atoms with Gasteiger partial charge in [-0.3, -0.25) is 4.68 Å². The van der Waals surface area contributed by atoms with Crippen molar-refractivity contribution in [1.82, 2.24) is 15.1 Å². The zero-order valence-corrected chi connectivity index (χ0v) is 11.2. The van der Waals surface area contributed by atoms with Gasteiger partial charge in [-0.05, 0) is 13.3 Å². The highest BCUT2D eigenvalue weighted by Crippen LogP contribution is 2.05. The first-order chi connectivity index (χ1) is 9.06. The number of nitrogens with zero attached hydrogens (tertiary/aromatic N) is 2. The summed E-state index contributed by atoms with van der Waals surface area (Å²) in [6, 6.07) is -1.39. The van der Waals surface area contributed by atoms with E-state index < -0.39 is 18.0 Å². The number of aliphatic carboxylic acids is 1. The lowest BCUT2D eigenvalue weighted by Gasteiger charge is -2.14. The van der Waals surface area contributed by atoms with Crippen molar-refractivity contribution in [2.75, 3.05) is 5.32 Å². The fourth-order valence-corrected chi connectivity index (χ4v) is 1.59. The Morgan fingerprint density at radius 1 is 1.47 bits per heavy atom. The third-order valence-electron chi connectivity index (χ3n) is 2.66. The van der Waals surface area contributed by atoms with Gasteiger partial charge in [0.05, 0.1) is 11.9 Å². The summed E-state index contributed by atoms with van der Waals surface area (Å²) in [6.45, 7) is 4.61. The lowest BCUT2D eigenvalue weighted by Crippen LogP contribution is -2.42. The zero-order valence-electron chi connectivity index (χ0n) is 11.2. The number of nitrogens with one attached hydrogen (secondary N) is 2. The summed E-state index contributed by atoms with van der Waals surface area (Å²) in [7, 11) is 0. The fraction of sp³-hybridized carbons (Fsp3) is 0.583. The lowest BCUT2D eigenvalue weighted by atomic mass is 10.1. The second-order valence-corrected chi connectivity index (χ2v) is 4.22. The minimum absolute atomic E-state index is 0.424. The first kappa shape index (κ1) is 15.0. The molecule has 0 fully saturated rings. The van der Waals surface area contributed by atoms with E-state index in [1.165, 1.54) is 6.20 Å². The molecule has 0 aromatic carbocycles. The van der Waals surface area contributed by atoms with E-state index in [0.717, 1.165) is 12.8 Å². The molecule has 2 amide bonds. The highest BCUT2D eigenvalue weighted by Gasteiger charge is 2.19. The number of aryl methyl sites for hydroxylation is 1. The first-order valence-electron chi connectivity index (χ1n) is 6.39. The van der Waals surface area contributed by atoms with Crippen LogP contribution in [0, 0.1) is 0 Å². The Kier molecular flexibility index (Phi) is 5.84. The standard InChI is InChI=1S/C12H20N4O3/c1-3-5-6-10(11(17)18)15-12(19)14-9-7-13-16(4-2)8-9/h7-8,10H,3-6H2,1-2H3,(H,17,18)(H2,14,15,19)/t10-/m0/s1. The number of hydrogen-bond donors (Lipinski definition) is 3. The van der Waals surface area contributed by atoms with Crippen LogP contribution in [0.5, 0.6) is 0 Å². The van der Waals surface area contributed by atoms with Gasteiger partial charge in [0.2, 0.25) is 0 Å². The van der Waals surface area contributed by atoms with Crippen LogP contribution in [0.4, 0.5) is 10.5 Å². The average molecular weight is 268 g/mol. The molecule has 1 aromatic heterocycles. The first-order valence-corrected chi connectivity index (χ1v) is 6.39. The molecule has 3 N–H and O–H groups in total. The lowest BCUT2D eigenvalue weighted by molar-refractivity contribution is -0.139. The van der Waals surface area contributed by atoms with Crippen LogP contribution < -0.4 is 10.6 Å². The molecule has 0 bridgehead atoms. The van der Waals surface area contributed by atoms with Crippen LogP contribution >= 0.6 is 0 Å². The third-order valence-corrected chi connectivity index (χ3v) is 2.66. The number of anilines is 1. The van der Waals surface area contributed by atoms with Crippen LogP contribution in [-0.4, -0.2) is 32.9 Å². The van der Waals surface area contributed by atoms with E-state index >= 15 is 0 Å². The molecule has 1 heterocycles. The molecule has 1 rings (SSSR count). The second kappa shape index (κ2) is 7.40. The normalized spacial score (nSPS) is 11.9. The Bertz CT molecular complexity index is 430. The summed E-state index contributed by atoms with van der Waals surface area (Å²) in [4.78, 5) is 22.7. The molecular formula is C12H20N4O3. The Morgan fingerprint density at radius 2 is 2.21 bits per heavy atom. The Balaban J connectivity index is 2.49. The highest BCUT2D eigenvalue weighted by atomic mass is 16.4. The summed E-state index contributed by atoms with van der Waals surface area (Å²) in [6.07, 6.45) is 5.27. The summed E-state index contributed by atoms with van der Waals surface area (Å²) in [5.74, 6) is -1.02. The number of carboxylic acids is 1. The van der Waals surface area contributed by atoms with E-state index in [0.29, 0.717) is 18.7 Å². The predicted molar refractivity (Wildman–Crippen MR) is 71.0 cm³/mol. The van der Waals surface area contributed by atoms with E-state index in [-0.39, 0.29) is 0 Å². The van der Waals surface area contributed by atoms with Crippen LogP contribution in [0.3, 0.4) is 0 Å². The molecule has 1 atom stereocenters. The van der Waals surface area contributed by atoms with Crippen LogP contribution in [0.15, 0.2) is 12.4 Å². The molecule has 0 unspecified atom stereocenters. The molecule has 0 saturated carbocycles. The molecule has 7 nitrogen and oxygen atoms in total. The number of amides is 2. The highest BCUT2D eigenvalue weighted by molar-refractivity contribution is 5.91. The maximum Gasteiger partial charge on any atom is 0.326 e. The number of carbonyl (C=O) groups is 2. The van der Waals surface area contributed by atoms with Gasteiger partial charge < -0.3 is 15.7 Å². The molecule has 1 aromatic rings. The van der Waals surface area contributed by atoms with Crippen molar-refractivity contribution in [2.24, 2.45) is 0 Å². The van der Waals surface area contributed by atoms with E-state index in [1.54, 1.807) is 10.9 Å². The molecule has 0 saturated heterocycles. The van der Waals surface area contributed by atoms with Crippen molar-refractivity contribution >= 4 is 17.7 Å². The van der Waals surface area contributed by atoms with Crippen molar-refractivity contribution in [3.8, 4) is 0 Å². The number of rotatable bonds is 7. The maximum atomic E-state index is 11.7. The van der Waals surface area contributed by atoms with Gasteiger partial charge >= 0.3 is 12.0 Å².